The number of carbonyl (C=O) groups excluding carboxylic acids is 2. The van der Waals surface area contributed by atoms with Crippen LogP contribution >= 0.6 is 0 Å². The monoisotopic (exact) mass is 228 g/mol. The molecule has 0 amide bonds. The number of carbonyl (C=O) groups is 2. The highest BCUT2D eigenvalue weighted by Gasteiger charge is 2.30. The molecular weight excluding hydrogens is 216 g/mol. The summed E-state index contributed by atoms with van der Waals surface area (Å²) in [6.07, 6.45) is 1.35. The molecule has 86 valence electrons. The van der Waals surface area contributed by atoms with Crippen molar-refractivity contribution in [1.29, 1.82) is 0 Å². The lowest BCUT2D eigenvalue weighted by Gasteiger charge is -2.08. The fourth-order valence-corrected chi connectivity index (χ4v) is 1.81. The average molecular weight is 228 g/mol. The highest BCUT2D eigenvalue weighted by molar-refractivity contribution is 6.38. The summed E-state index contributed by atoms with van der Waals surface area (Å²) in [6.45, 7) is 1.63. The van der Waals surface area contributed by atoms with E-state index >= 15 is 0 Å². The van der Waals surface area contributed by atoms with E-state index in [9.17, 15) is 9.59 Å². The molecule has 0 N–H and O–H groups in total. The Morgan fingerprint density at radius 2 is 1.76 bits per heavy atom. The van der Waals surface area contributed by atoms with Gasteiger partial charge in [-0.2, -0.15) is 0 Å². The van der Waals surface area contributed by atoms with E-state index in [0.717, 1.165) is 5.56 Å². The van der Waals surface area contributed by atoms with Crippen LogP contribution in [0.5, 0.6) is 0 Å². The minimum absolute atomic E-state index is 0.121. The zero-order chi connectivity index (χ0) is 12.4. The van der Waals surface area contributed by atoms with Crippen LogP contribution in [-0.2, 0) is 14.3 Å². The zero-order valence-electron chi connectivity index (χ0n) is 9.69. The van der Waals surface area contributed by atoms with E-state index in [1.165, 1.54) is 13.2 Å². The first kappa shape index (κ1) is 11.3. The van der Waals surface area contributed by atoms with Gasteiger partial charge in [-0.3, -0.25) is 9.59 Å². The lowest BCUT2D eigenvalue weighted by atomic mass is 10.0. The second kappa shape index (κ2) is 4.37. The van der Waals surface area contributed by atoms with Crippen LogP contribution in [-0.4, -0.2) is 18.7 Å². The van der Waals surface area contributed by atoms with Gasteiger partial charge in [0.1, 0.15) is 11.3 Å². The smallest absolute Gasteiger partial charge is 0.196 e. The predicted molar refractivity (Wildman–Crippen MR) is 64.1 cm³/mol. The number of hydrogen-bond donors (Lipinski definition) is 0. The van der Waals surface area contributed by atoms with Crippen LogP contribution in [0.3, 0.4) is 0 Å². The van der Waals surface area contributed by atoms with Crippen LogP contribution in [0, 0.1) is 0 Å². The Hall–Kier alpha value is -2.16. The van der Waals surface area contributed by atoms with Crippen molar-refractivity contribution in [2.75, 3.05) is 7.11 Å². The van der Waals surface area contributed by atoms with Crippen molar-refractivity contribution in [2.24, 2.45) is 0 Å². The zero-order valence-corrected chi connectivity index (χ0v) is 9.69. The van der Waals surface area contributed by atoms with Crippen molar-refractivity contribution >= 4 is 17.3 Å². The van der Waals surface area contributed by atoms with Gasteiger partial charge in [-0.05, 0) is 13.0 Å². The first-order chi connectivity index (χ1) is 8.15. The Kier molecular flexibility index (Phi) is 2.91. The fraction of sp³-hybridized carbons (Fsp3) is 0.143. The Bertz CT molecular complexity index is 536. The minimum Gasteiger partial charge on any atom is -0.495 e. The molecule has 0 saturated carbocycles. The van der Waals surface area contributed by atoms with Crippen LogP contribution in [0.2, 0.25) is 0 Å². The standard InChI is InChI=1S/C14H12O3/c1-9-8-11(15)12(13(9)16)14(17-2)10-6-4-3-5-7-10/h3-8H,1-2H3/b14-12+. The highest BCUT2D eigenvalue weighted by Crippen LogP contribution is 2.26. The maximum Gasteiger partial charge on any atom is 0.196 e. The molecule has 17 heavy (non-hydrogen) atoms. The largest absolute Gasteiger partial charge is 0.495 e. The molecule has 2 rings (SSSR count). The van der Waals surface area contributed by atoms with E-state index in [4.69, 9.17) is 4.74 Å². The number of hydrogen-bond acceptors (Lipinski definition) is 3. The van der Waals surface area contributed by atoms with Crippen molar-refractivity contribution in [1.82, 2.24) is 0 Å². The summed E-state index contributed by atoms with van der Waals surface area (Å²) in [5, 5.41) is 0. The molecule has 3 heteroatoms. The third-order valence-corrected chi connectivity index (χ3v) is 2.65. The Morgan fingerprint density at radius 3 is 2.24 bits per heavy atom. The Balaban J connectivity index is 2.57. The van der Waals surface area contributed by atoms with Crippen LogP contribution < -0.4 is 0 Å². The number of allylic oxidation sites excluding steroid dienone is 3. The minimum atomic E-state index is -0.284. The molecule has 0 spiro atoms. The molecule has 0 saturated heterocycles. The van der Waals surface area contributed by atoms with Crippen LogP contribution in [0.1, 0.15) is 12.5 Å². The van der Waals surface area contributed by atoms with E-state index in [1.807, 2.05) is 18.2 Å². The number of ketones is 2. The van der Waals surface area contributed by atoms with Gasteiger partial charge in [0.15, 0.2) is 11.6 Å². The number of rotatable bonds is 2. The number of ether oxygens (including phenoxy) is 1. The van der Waals surface area contributed by atoms with Crippen molar-refractivity contribution in [3.8, 4) is 0 Å². The second-order valence-electron chi connectivity index (χ2n) is 3.79. The molecular formula is C14H12O3. The molecule has 3 nitrogen and oxygen atoms in total. The molecule has 1 aliphatic rings. The SMILES string of the molecule is CO/C(=C1\C(=O)C=C(C)C1=O)c1ccccc1. The summed E-state index contributed by atoms with van der Waals surface area (Å²) in [5.41, 5.74) is 1.31. The maximum atomic E-state index is 11.9. The number of Topliss-reactive ketones (excluding diaryl/α,β-unsaturated/α-hetero) is 1. The summed E-state index contributed by atoms with van der Waals surface area (Å²) in [6, 6.07) is 9.14. The van der Waals surface area contributed by atoms with Crippen molar-refractivity contribution in [3.63, 3.8) is 0 Å². The van der Waals surface area contributed by atoms with Crippen LogP contribution in [0.25, 0.3) is 5.76 Å². The van der Waals surface area contributed by atoms with E-state index in [-0.39, 0.29) is 17.1 Å². The Morgan fingerprint density at radius 1 is 1.12 bits per heavy atom. The molecule has 0 aromatic heterocycles. The van der Waals surface area contributed by atoms with Gasteiger partial charge in [-0.15, -0.1) is 0 Å². The summed E-state index contributed by atoms with van der Waals surface area (Å²) < 4.78 is 5.21. The topological polar surface area (TPSA) is 43.4 Å². The van der Waals surface area contributed by atoms with Crippen molar-refractivity contribution in [3.05, 3.63) is 53.1 Å². The first-order valence-electron chi connectivity index (χ1n) is 5.26. The first-order valence-corrected chi connectivity index (χ1v) is 5.26. The number of methoxy groups -OCH3 is 1. The molecule has 0 atom stereocenters. The van der Waals surface area contributed by atoms with Gasteiger partial charge in [-0.25, -0.2) is 0 Å². The maximum absolute atomic E-state index is 11.9. The van der Waals surface area contributed by atoms with Crippen molar-refractivity contribution in [2.45, 2.75) is 6.92 Å². The van der Waals surface area contributed by atoms with Gasteiger partial charge >= 0.3 is 0 Å². The van der Waals surface area contributed by atoms with Gasteiger partial charge in [0.2, 0.25) is 0 Å². The van der Waals surface area contributed by atoms with Gasteiger partial charge in [0, 0.05) is 11.1 Å². The van der Waals surface area contributed by atoms with Crippen LogP contribution in [0.4, 0.5) is 0 Å². The van der Waals surface area contributed by atoms with E-state index in [0.29, 0.717) is 11.3 Å². The average Bonchev–Trinajstić information content (AvgIpc) is 2.58. The lowest BCUT2D eigenvalue weighted by Crippen LogP contribution is -2.08. The Labute approximate surface area is 99.4 Å². The molecule has 1 aromatic rings. The normalized spacial score (nSPS) is 18.1. The van der Waals surface area contributed by atoms with Crippen LogP contribution in [0.15, 0.2) is 47.6 Å². The third kappa shape index (κ3) is 1.91. The molecule has 0 radical (unpaired) electrons. The molecule has 0 fully saturated rings. The number of benzene rings is 1. The summed E-state index contributed by atoms with van der Waals surface area (Å²) in [4.78, 5) is 23.6. The third-order valence-electron chi connectivity index (χ3n) is 2.65. The fourth-order valence-electron chi connectivity index (χ4n) is 1.81. The van der Waals surface area contributed by atoms with Gasteiger partial charge < -0.3 is 4.74 Å². The molecule has 1 aliphatic carbocycles. The van der Waals surface area contributed by atoms with Gasteiger partial charge in [-0.1, -0.05) is 30.3 Å². The molecule has 1 aromatic carbocycles. The van der Waals surface area contributed by atoms with E-state index in [1.54, 1.807) is 19.1 Å². The van der Waals surface area contributed by atoms with Gasteiger partial charge in [0.25, 0.3) is 0 Å². The highest BCUT2D eigenvalue weighted by atomic mass is 16.5. The van der Waals surface area contributed by atoms with E-state index in [2.05, 4.69) is 0 Å². The van der Waals surface area contributed by atoms with Crippen molar-refractivity contribution < 1.29 is 14.3 Å². The quantitative estimate of drug-likeness (QED) is 0.442. The van der Waals surface area contributed by atoms with Gasteiger partial charge in [0.05, 0.1) is 7.11 Å². The van der Waals surface area contributed by atoms with E-state index < -0.39 is 0 Å². The molecule has 0 aliphatic heterocycles. The second-order valence-corrected chi connectivity index (χ2v) is 3.79. The molecule has 0 unspecified atom stereocenters. The molecule has 0 bridgehead atoms. The predicted octanol–water partition coefficient (Wildman–Crippen LogP) is 2.14. The molecule has 0 heterocycles. The summed E-state index contributed by atoms with van der Waals surface area (Å²) in [5.74, 6) is -0.197. The summed E-state index contributed by atoms with van der Waals surface area (Å²) in [7, 11) is 1.46. The summed E-state index contributed by atoms with van der Waals surface area (Å²) >= 11 is 0. The lowest BCUT2D eigenvalue weighted by molar-refractivity contribution is -0.115.